The third-order valence-electron chi connectivity index (χ3n) is 4.28. The van der Waals surface area contributed by atoms with E-state index in [0.717, 1.165) is 25.9 Å². The van der Waals surface area contributed by atoms with E-state index >= 15 is 0 Å². The van der Waals surface area contributed by atoms with Crippen molar-refractivity contribution in [3.05, 3.63) is 41.6 Å². The summed E-state index contributed by atoms with van der Waals surface area (Å²) in [6, 6.07) is 5.61. The minimum Gasteiger partial charge on any atom is -0.382 e. The van der Waals surface area contributed by atoms with E-state index in [9.17, 15) is 0 Å². The Morgan fingerprint density at radius 1 is 1.16 bits per heavy atom. The van der Waals surface area contributed by atoms with Crippen molar-refractivity contribution in [2.24, 2.45) is 0 Å². The first-order valence-corrected chi connectivity index (χ1v) is 8.36. The van der Waals surface area contributed by atoms with Crippen molar-refractivity contribution in [3.63, 3.8) is 0 Å². The lowest BCUT2D eigenvalue weighted by molar-refractivity contribution is 0.329. The molecule has 4 rings (SSSR count). The first-order valence-electron chi connectivity index (χ1n) is 7.98. The smallest absolute Gasteiger partial charge is 0.230 e. The van der Waals surface area contributed by atoms with Gasteiger partial charge in [-0.1, -0.05) is 22.8 Å². The average molecular weight is 358 g/mol. The highest BCUT2D eigenvalue weighted by molar-refractivity contribution is 6.35. The lowest BCUT2D eigenvalue weighted by Gasteiger charge is -2.31. The zero-order valence-electron chi connectivity index (χ0n) is 13.3. The van der Waals surface area contributed by atoms with Crippen LogP contribution in [0.4, 0.5) is 11.6 Å². The maximum atomic E-state index is 6.21. The second kappa shape index (κ2) is 6.64. The van der Waals surface area contributed by atoms with Gasteiger partial charge in [0.15, 0.2) is 5.82 Å². The zero-order valence-corrected chi connectivity index (χ0v) is 14.1. The van der Waals surface area contributed by atoms with Crippen molar-refractivity contribution in [3.8, 4) is 11.5 Å². The van der Waals surface area contributed by atoms with Crippen molar-refractivity contribution in [1.82, 2.24) is 25.1 Å². The second-order valence-corrected chi connectivity index (χ2v) is 6.21. The van der Waals surface area contributed by atoms with Crippen LogP contribution in [0.1, 0.15) is 24.7 Å². The molecule has 0 saturated carbocycles. The molecule has 1 aliphatic heterocycles. The van der Waals surface area contributed by atoms with Crippen LogP contribution in [0.2, 0.25) is 5.02 Å². The third-order valence-corrected chi connectivity index (χ3v) is 4.64. The topological polar surface area (TPSA) is 107 Å². The summed E-state index contributed by atoms with van der Waals surface area (Å²) in [5.74, 6) is 2.34. The lowest BCUT2D eigenvalue weighted by atomic mass is 9.97. The minimum atomic E-state index is 0.208. The number of anilines is 2. The number of pyridine rings is 1. The summed E-state index contributed by atoms with van der Waals surface area (Å²) < 4.78 is 5.45. The Labute approximate surface area is 149 Å². The molecule has 0 unspecified atom stereocenters. The minimum absolute atomic E-state index is 0.208. The van der Waals surface area contributed by atoms with Crippen LogP contribution in [0.15, 0.2) is 35.2 Å². The molecule has 0 bridgehead atoms. The van der Waals surface area contributed by atoms with Gasteiger partial charge >= 0.3 is 0 Å². The molecular weight excluding hydrogens is 342 g/mol. The van der Waals surface area contributed by atoms with Crippen LogP contribution in [0.5, 0.6) is 0 Å². The number of halogens is 1. The maximum absolute atomic E-state index is 6.21. The largest absolute Gasteiger partial charge is 0.382 e. The van der Waals surface area contributed by atoms with Crippen LogP contribution >= 0.6 is 11.6 Å². The molecule has 0 aliphatic carbocycles. The zero-order chi connectivity index (χ0) is 17.2. The first-order chi connectivity index (χ1) is 12.2. The van der Waals surface area contributed by atoms with Crippen molar-refractivity contribution < 1.29 is 4.52 Å². The van der Waals surface area contributed by atoms with Crippen LogP contribution in [0.3, 0.4) is 0 Å². The maximum Gasteiger partial charge on any atom is 0.230 e. The fraction of sp³-hybridized carbons (Fsp3) is 0.312. The molecule has 1 saturated heterocycles. The molecule has 0 radical (unpaired) electrons. The van der Waals surface area contributed by atoms with Crippen LogP contribution < -0.4 is 10.6 Å². The number of nitrogens with two attached hydrogens (primary N) is 1. The fourth-order valence-corrected chi connectivity index (χ4v) is 3.15. The van der Waals surface area contributed by atoms with Crippen molar-refractivity contribution in [1.29, 1.82) is 0 Å². The summed E-state index contributed by atoms with van der Waals surface area (Å²) in [5, 5.41) is 4.44. The average Bonchev–Trinajstić information content (AvgIpc) is 3.15. The number of hydrogen-bond donors (Lipinski definition) is 1. The Bertz CT molecular complexity index is 862. The van der Waals surface area contributed by atoms with E-state index in [0.29, 0.717) is 34.1 Å². The van der Waals surface area contributed by atoms with E-state index in [1.807, 2.05) is 18.2 Å². The molecule has 8 nitrogen and oxygen atoms in total. The number of piperidine rings is 1. The van der Waals surface area contributed by atoms with Crippen LogP contribution in [-0.4, -0.2) is 38.2 Å². The van der Waals surface area contributed by atoms with Crippen molar-refractivity contribution in [2.75, 3.05) is 23.7 Å². The molecule has 0 atom stereocenters. The van der Waals surface area contributed by atoms with Crippen LogP contribution in [-0.2, 0) is 0 Å². The molecule has 3 aromatic rings. The molecule has 9 heteroatoms. The molecule has 2 N–H and O–H groups in total. The van der Waals surface area contributed by atoms with Crippen LogP contribution in [0, 0.1) is 0 Å². The molecule has 3 aromatic heterocycles. The Morgan fingerprint density at radius 3 is 2.76 bits per heavy atom. The summed E-state index contributed by atoms with van der Waals surface area (Å²) in [6.07, 6.45) is 4.87. The van der Waals surface area contributed by atoms with Gasteiger partial charge in [-0.25, -0.2) is 9.97 Å². The van der Waals surface area contributed by atoms with Gasteiger partial charge in [0, 0.05) is 25.2 Å². The van der Waals surface area contributed by atoms with Gasteiger partial charge in [0.25, 0.3) is 0 Å². The Balaban J connectivity index is 1.46. The number of hydrogen-bond acceptors (Lipinski definition) is 8. The molecule has 0 amide bonds. The van der Waals surface area contributed by atoms with E-state index in [4.69, 9.17) is 21.9 Å². The fourth-order valence-electron chi connectivity index (χ4n) is 2.93. The van der Waals surface area contributed by atoms with Crippen LogP contribution in [0.25, 0.3) is 11.5 Å². The van der Waals surface area contributed by atoms with Gasteiger partial charge in [0.05, 0.1) is 0 Å². The number of rotatable bonds is 3. The second-order valence-electron chi connectivity index (χ2n) is 5.83. The highest BCUT2D eigenvalue weighted by atomic mass is 35.5. The summed E-state index contributed by atoms with van der Waals surface area (Å²) in [5.41, 5.74) is 6.46. The number of nitrogens with zero attached hydrogens (tertiary/aromatic N) is 6. The molecule has 1 fully saturated rings. The first kappa shape index (κ1) is 15.8. The van der Waals surface area contributed by atoms with E-state index in [2.05, 4.69) is 30.0 Å². The Morgan fingerprint density at radius 2 is 2.00 bits per heavy atom. The number of aromatic nitrogens is 5. The standard InChI is InChI=1S/C16H16ClN7O/c17-12-13(18)20-9-21-15(12)24-7-4-10(5-8-24)16-22-14(23-25-16)11-3-1-2-6-19-11/h1-3,6,9-10H,4-5,7-8H2,(H2,18,20,21). The summed E-state index contributed by atoms with van der Waals surface area (Å²) >= 11 is 6.21. The predicted molar refractivity (Wildman–Crippen MR) is 93.2 cm³/mol. The monoisotopic (exact) mass is 357 g/mol. The quantitative estimate of drug-likeness (QED) is 0.762. The SMILES string of the molecule is Nc1ncnc(N2CCC(c3nc(-c4ccccn4)no3)CC2)c1Cl. The van der Waals surface area contributed by atoms with Gasteiger partial charge < -0.3 is 15.2 Å². The van der Waals surface area contributed by atoms with Gasteiger partial charge in [-0.2, -0.15) is 4.98 Å². The normalized spacial score (nSPS) is 15.5. The lowest BCUT2D eigenvalue weighted by Crippen LogP contribution is -2.34. The van der Waals surface area contributed by atoms with Gasteiger partial charge in [-0.15, -0.1) is 0 Å². The van der Waals surface area contributed by atoms with Gasteiger partial charge in [0.1, 0.15) is 22.9 Å². The Hall–Kier alpha value is -2.74. The van der Waals surface area contributed by atoms with Crippen molar-refractivity contribution in [2.45, 2.75) is 18.8 Å². The molecule has 25 heavy (non-hydrogen) atoms. The van der Waals surface area contributed by atoms with Gasteiger partial charge in [-0.3, -0.25) is 4.98 Å². The Kier molecular flexibility index (Phi) is 4.19. The molecule has 1 aliphatic rings. The molecule has 0 spiro atoms. The van der Waals surface area contributed by atoms with E-state index in [1.54, 1.807) is 6.20 Å². The highest BCUT2D eigenvalue weighted by Crippen LogP contribution is 2.33. The number of nitrogen functional groups attached to an aromatic ring is 1. The van der Waals surface area contributed by atoms with Crippen molar-refractivity contribution >= 4 is 23.2 Å². The van der Waals surface area contributed by atoms with Gasteiger partial charge in [0.2, 0.25) is 11.7 Å². The van der Waals surface area contributed by atoms with E-state index < -0.39 is 0 Å². The molecule has 4 heterocycles. The molecular formula is C16H16ClN7O. The third kappa shape index (κ3) is 3.12. The molecule has 0 aromatic carbocycles. The molecule has 128 valence electrons. The van der Waals surface area contributed by atoms with E-state index in [1.165, 1.54) is 6.33 Å². The highest BCUT2D eigenvalue weighted by Gasteiger charge is 2.27. The predicted octanol–water partition coefficient (Wildman–Crippen LogP) is 2.54. The summed E-state index contributed by atoms with van der Waals surface area (Å²) in [4.78, 5) is 19.0. The summed E-state index contributed by atoms with van der Waals surface area (Å²) in [7, 11) is 0. The van der Waals surface area contributed by atoms with E-state index in [-0.39, 0.29) is 5.92 Å². The van der Waals surface area contributed by atoms with Gasteiger partial charge in [-0.05, 0) is 25.0 Å². The summed E-state index contributed by atoms with van der Waals surface area (Å²) in [6.45, 7) is 1.56.